The number of anilines is 2. The van der Waals surface area contributed by atoms with Gasteiger partial charge in [0.1, 0.15) is 11.6 Å². The van der Waals surface area contributed by atoms with Crippen LogP contribution in [0, 0.1) is 0 Å². The monoisotopic (exact) mass is 432 g/mol. The molecule has 1 aliphatic rings. The van der Waals surface area contributed by atoms with Crippen molar-refractivity contribution in [3.63, 3.8) is 0 Å². The number of pyridine rings is 1. The number of rotatable bonds is 8. The van der Waals surface area contributed by atoms with Crippen LogP contribution in [0.1, 0.15) is 18.9 Å². The average Bonchev–Trinajstić information content (AvgIpc) is 3.20. The van der Waals surface area contributed by atoms with Crippen molar-refractivity contribution < 1.29 is 13.5 Å². The summed E-state index contributed by atoms with van der Waals surface area (Å²) >= 11 is 0. The van der Waals surface area contributed by atoms with E-state index in [0.717, 1.165) is 36.9 Å². The van der Waals surface area contributed by atoms with Crippen LogP contribution in [0.25, 0.3) is 0 Å². The Kier molecular flexibility index (Phi) is 7.86. The molecule has 2 heterocycles. The van der Waals surface area contributed by atoms with Gasteiger partial charge in [0.25, 0.3) is 0 Å². The van der Waals surface area contributed by atoms with Crippen molar-refractivity contribution >= 4 is 17.5 Å². The van der Waals surface area contributed by atoms with Gasteiger partial charge in [-0.1, -0.05) is 12.1 Å². The maximum absolute atomic E-state index is 12.7. The van der Waals surface area contributed by atoms with E-state index in [2.05, 4.69) is 25.3 Å². The molecule has 0 saturated carbocycles. The number of halogens is 2. The van der Waals surface area contributed by atoms with Crippen LogP contribution in [0.3, 0.4) is 0 Å². The Hall–Kier alpha value is -3.10. The van der Waals surface area contributed by atoms with Gasteiger partial charge in [0, 0.05) is 46.0 Å². The molecule has 0 amide bonds. The van der Waals surface area contributed by atoms with Crippen molar-refractivity contribution in [2.24, 2.45) is 4.99 Å². The van der Waals surface area contributed by atoms with Gasteiger partial charge in [-0.05, 0) is 43.2 Å². The molecule has 1 aromatic heterocycles. The second-order valence-electron chi connectivity index (χ2n) is 7.53. The number of hydrogen-bond acceptors (Lipinski definition) is 5. The van der Waals surface area contributed by atoms with Crippen LogP contribution in [0.5, 0.6) is 5.75 Å². The predicted octanol–water partition coefficient (Wildman–Crippen LogP) is 3.08. The van der Waals surface area contributed by atoms with Crippen molar-refractivity contribution in [1.29, 1.82) is 0 Å². The standard InChI is InChI=1S/C22H30F2N6O/c1-4-25-22(27-14-16-9-11-26-20(13-16)29(2)3)28-17-10-12-30(15-17)18-7-5-6-8-19(18)31-21(23)24/h5-9,11,13,17,21H,4,10,12,14-15H2,1-3H3,(H2,25,27,28). The van der Waals surface area contributed by atoms with Crippen molar-refractivity contribution in [2.75, 3.05) is 43.5 Å². The summed E-state index contributed by atoms with van der Waals surface area (Å²) in [4.78, 5) is 13.1. The molecule has 0 bridgehead atoms. The zero-order valence-electron chi connectivity index (χ0n) is 18.2. The summed E-state index contributed by atoms with van der Waals surface area (Å²) < 4.78 is 30.1. The van der Waals surface area contributed by atoms with Gasteiger partial charge >= 0.3 is 6.61 Å². The highest BCUT2D eigenvalue weighted by molar-refractivity contribution is 5.80. The molecule has 1 saturated heterocycles. The van der Waals surface area contributed by atoms with Crippen molar-refractivity contribution in [3.05, 3.63) is 48.2 Å². The summed E-state index contributed by atoms with van der Waals surface area (Å²) in [6, 6.07) is 11.0. The number of benzene rings is 1. The van der Waals surface area contributed by atoms with Crippen LogP contribution in [0.4, 0.5) is 20.3 Å². The Morgan fingerprint density at radius 3 is 2.87 bits per heavy atom. The summed E-state index contributed by atoms with van der Waals surface area (Å²) in [6.07, 6.45) is 2.65. The van der Waals surface area contributed by atoms with Gasteiger partial charge in [0.2, 0.25) is 0 Å². The maximum atomic E-state index is 12.7. The summed E-state index contributed by atoms with van der Waals surface area (Å²) in [7, 11) is 3.91. The van der Waals surface area contributed by atoms with Crippen molar-refractivity contribution in [1.82, 2.24) is 15.6 Å². The van der Waals surface area contributed by atoms with E-state index in [1.54, 1.807) is 18.3 Å². The summed E-state index contributed by atoms with van der Waals surface area (Å²) in [5.41, 5.74) is 1.75. The summed E-state index contributed by atoms with van der Waals surface area (Å²) in [6.45, 7) is 1.87. The summed E-state index contributed by atoms with van der Waals surface area (Å²) in [5.74, 6) is 1.82. The van der Waals surface area contributed by atoms with Gasteiger partial charge in [-0.3, -0.25) is 0 Å². The lowest BCUT2D eigenvalue weighted by atomic mass is 10.2. The maximum Gasteiger partial charge on any atom is 0.387 e. The molecule has 3 rings (SSSR count). The van der Waals surface area contributed by atoms with Crippen molar-refractivity contribution in [2.45, 2.75) is 32.5 Å². The van der Waals surface area contributed by atoms with E-state index >= 15 is 0 Å². The van der Waals surface area contributed by atoms with E-state index in [0.29, 0.717) is 18.8 Å². The van der Waals surface area contributed by atoms with E-state index in [9.17, 15) is 8.78 Å². The third-order valence-corrected chi connectivity index (χ3v) is 4.98. The molecular formula is C22H30F2N6O. The Morgan fingerprint density at radius 1 is 1.32 bits per heavy atom. The molecule has 0 radical (unpaired) electrons. The molecule has 1 aliphatic heterocycles. The SMILES string of the molecule is CCNC(=NCc1ccnc(N(C)C)c1)NC1CCN(c2ccccc2OC(F)F)C1. The Bertz CT molecular complexity index is 877. The van der Waals surface area contributed by atoms with E-state index in [4.69, 9.17) is 4.99 Å². The van der Waals surface area contributed by atoms with Crippen LogP contribution in [0.15, 0.2) is 47.6 Å². The fourth-order valence-electron chi connectivity index (χ4n) is 3.50. The molecule has 168 valence electrons. The first-order valence-electron chi connectivity index (χ1n) is 10.4. The Morgan fingerprint density at radius 2 is 2.13 bits per heavy atom. The number of nitrogens with zero attached hydrogens (tertiary/aromatic N) is 4. The quantitative estimate of drug-likeness (QED) is 0.494. The first kappa shape index (κ1) is 22.6. The highest BCUT2D eigenvalue weighted by Gasteiger charge is 2.26. The highest BCUT2D eigenvalue weighted by Crippen LogP contribution is 2.31. The van der Waals surface area contributed by atoms with Crippen LogP contribution in [-0.4, -0.2) is 57.3 Å². The minimum absolute atomic E-state index is 0.146. The van der Waals surface area contributed by atoms with Gasteiger partial charge in [-0.15, -0.1) is 0 Å². The highest BCUT2D eigenvalue weighted by atomic mass is 19.3. The molecule has 0 aliphatic carbocycles. The normalized spacial score (nSPS) is 16.5. The minimum Gasteiger partial charge on any atom is -0.433 e. The van der Waals surface area contributed by atoms with E-state index in [1.165, 1.54) is 0 Å². The predicted molar refractivity (Wildman–Crippen MR) is 120 cm³/mol. The molecule has 1 aromatic carbocycles. The van der Waals surface area contributed by atoms with E-state index < -0.39 is 6.61 Å². The number of ether oxygens (including phenoxy) is 1. The third kappa shape index (κ3) is 6.44. The third-order valence-electron chi connectivity index (χ3n) is 4.98. The van der Waals surface area contributed by atoms with Crippen LogP contribution in [-0.2, 0) is 6.54 Å². The second kappa shape index (κ2) is 10.8. The van der Waals surface area contributed by atoms with Gasteiger partial charge in [-0.2, -0.15) is 8.78 Å². The first-order chi connectivity index (χ1) is 15.0. The molecule has 31 heavy (non-hydrogen) atoms. The van der Waals surface area contributed by atoms with Gasteiger partial charge in [-0.25, -0.2) is 9.98 Å². The van der Waals surface area contributed by atoms with Gasteiger partial charge in [0.15, 0.2) is 5.96 Å². The smallest absolute Gasteiger partial charge is 0.387 e. The fraction of sp³-hybridized carbons (Fsp3) is 0.455. The zero-order valence-corrected chi connectivity index (χ0v) is 18.2. The second-order valence-corrected chi connectivity index (χ2v) is 7.53. The molecule has 9 heteroatoms. The molecular weight excluding hydrogens is 402 g/mol. The molecule has 0 spiro atoms. The topological polar surface area (TPSA) is 65.0 Å². The Labute approximate surface area is 182 Å². The molecule has 1 fully saturated rings. The number of aliphatic imine (C=N–C) groups is 1. The molecule has 7 nitrogen and oxygen atoms in total. The lowest BCUT2D eigenvalue weighted by Gasteiger charge is -2.22. The number of guanidine groups is 1. The minimum atomic E-state index is -2.84. The lowest BCUT2D eigenvalue weighted by molar-refractivity contribution is -0.0495. The van der Waals surface area contributed by atoms with Gasteiger partial charge < -0.3 is 25.2 Å². The zero-order chi connectivity index (χ0) is 22.2. The van der Waals surface area contributed by atoms with Crippen LogP contribution >= 0.6 is 0 Å². The largest absolute Gasteiger partial charge is 0.433 e. The molecule has 1 unspecified atom stereocenters. The number of alkyl halides is 2. The van der Waals surface area contributed by atoms with Crippen molar-refractivity contribution in [3.8, 4) is 5.75 Å². The molecule has 2 aromatic rings. The van der Waals surface area contributed by atoms with Gasteiger partial charge in [0.05, 0.1) is 12.2 Å². The average molecular weight is 433 g/mol. The molecule has 2 N–H and O–H groups in total. The number of aromatic nitrogens is 1. The number of para-hydroxylation sites is 2. The summed E-state index contributed by atoms with van der Waals surface area (Å²) in [5, 5.41) is 6.75. The number of hydrogen-bond donors (Lipinski definition) is 2. The molecule has 1 atom stereocenters. The lowest BCUT2D eigenvalue weighted by Crippen LogP contribution is -2.44. The van der Waals surface area contributed by atoms with E-state index in [-0.39, 0.29) is 11.8 Å². The van der Waals surface area contributed by atoms with Crippen LogP contribution in [0.2, 0.25) is 0 Å². The van der Waals surface area contributed by atoms with E-state index in [1.807, 2.05) is 50.2 Å². The Balaban J connectivity index is 1.64. The van der Waals surface area contributed by atoms with Crippen LogP contribution < -0.4 is 25.2 Å². The number of nitrogens with one attached hydrogen (secondary N) is 2. The fourth-order valence-corrected chi connectivity index (χ4v) is 3.50. The first-order valence-corrected chi connectivity index (χ1v) is 10.4.